The van der Waals surface area contributed by atoms with Gasteiger partial charge in [-0.15, -0.1) is 0 Å². The van der Waals surface area contributed by atoms with E-state index < -0.39 is 0 Å². The first-order chi connectivity index (χ1) is 12.0. The summed E-state index contributed by atoms with van der Waals surface area (Å²) in [5, 5.41) is 4.87. The van der Waals surface area contributed by atoms with Crippen molar-refractivity contribution in [3.63, 3.8) is 0 Å². The summed E-state index contributed by atoms with van der Waals surface area (Å²) < 4.78 is 0.798. The van der Waals surface area contributed by atoms with Crippen molar-refractivity contribution in [1.29, 1.82) is 0 Å². The van der Waals surface area contributed by atoms with Gasteiger partial charge in [0.05, 0.1) is 12.2 Å². The first kappa shape index (κ1) is 17.2. The lowest BCUT2D eigenvalue weighted by Gasteiger charge is -2.17. The highest BCUT2D eigenvalue weighted by Gasteiger charge is 2.16. The third kappa shape index (κ3) is 4.06. The van der Waals surface area contributed by atoms with E-state index in [9.17, 15) is 9.59 Å². The van der Waals surface area contributed by atoms with Gasteiger partial charge in [0.15, 0.2) is 0 Å². The number of likely N-dealkylation sites (N-methyl/N-ethyl adjacent to an activating group) is 1. The van der Waals surface area contributed by atoms with Gasteiger partial charge in [-0.2, -0.15) is 0 Å². The Bertz CT molecular complexity index is 940. The number of carbonyl (C=O) groups is 2. The molecule has 0 aliphatic carbocycles. The van der Waals surface area contributed by atoms with Crippen LogP contribution in [0.1, 0.15) is 10.4 Å². The van der Waals surface area contributed by atoms with Gasteiger partial charge in [0.1, 0.15) is 0 Å². The summed E-state index contributed by atoms with van der Waals surface area (Å²) in [6, 6.07) is 20.8. The Balaban J connectivity index is 1.69. The number of nitrogens with zero attached hydrogens (tertiary/aromatic N) is 1. The Hall–Kier alpha value is -2.66. The fraction of sp³-hybridized carbons (Fsp3) is 0.100. The number of nitrogens with one attached hydrogen (secondary N) is 1. The van der Waals surface area contributed by atoms with Crippen molar-refractivity contribution < 1.29 is 9.59 Å². The molecule has 0 aromatic heterocycles. The van der Waals surface area contributed by atoms with E-state index in [4.69, 9.17) is 0 Å². The average molecular weight is 397 g/mol. The molecule has 0 atom stereocenters. The number of anilines is 1. The highest BCUT2D eigenvalue weighted by molar-refractivity contribution is 9.10. The Kier molecular flexibility index (Phi) is 5.14. The number of fused-ring (bicyclic) bond motifs is 1. The summed E-state index contributed by atoms with van der Waals surface area (Å²) >= 11 is 3.38. The van der Waals surface area contributed by atoms with Crippen LogP contribution in [0.3, 0.4) is 0 Å². The predicted octanol–water partition coefficient (Wildman–Crippen LogP) is 4.31. The molecule has 0 bridgehead atoms. The molecule has 0 saturated heterocycles. The summed E-state index contributed by atoms with van der Waals surface area (Å²) in [4.78, 5) is 26.2. The minimum absolute atomic E-state index is 0.0208. The molecule has 126 valence electrons. The lowest BCUT2D eigenvalue weighted by molar-refractivity contribution is -0.116. The van der Waals surface area contributed by atoms with Crippen LogP contribution < -0.4 is 5.32 Å². The maximum Gasteiger partial charge on any atom is 0.254 e. The first-order valence-corrected chi connectivity index (χ1v) is 8.62. The summed E-state index contributed by atoms with van der Waals surface area (Å²) in [5.41, 5.74) is 1.24. The van der Waals surface area contributed by atoms with Gasteiger partial charge in [-0.25, -0.2) is 0 Å². The first-order valence-electron chi connectivity index (χ1n) is 7.83. The van der Waals surface area contributed by atoms with Crippen molar-refractivity contribution in [1.82, 2.24) is 4.90 Å². The predicted molar refractivity (Wildman–Crippen MR) is 104 cm³/mol. The minimum Gasteiger partial charge on any atom is -0.332 e. The van der Waals surface area contributed by atoms with E-state index in [1.54, 1.807) is 19.2 Å². The van der Waals surface area contributed by atoms with E-state index >= 15 is 0 Å². The van der Waals surface area contributed by atoms with Crippen LogP contribution in [0.2, 0.25) is 0 Å². The van der Waals surface area contributed by atoms with Crippen LogP contribution in [0, 0.1) is 0 Å². The zero-order valence-electron chi connectivity index (χ0n) is 13.7. The third-order valence-electron chi connectivity index (χ3n) is 3.87. The fourth-order valence-corrected chi connectivity index (χ4v) is 2.97. The van der Waals surface area contributed by atoms with Crippen LogP contribution in [-0.2, 0) is 4.79 Å². The SMILES string of the molecule is CN(CC(=O)Nc1ccccc1Br)C(=O)c1ccc2ccccc2c1. The highest BCUT2D eigenvalue weighted by Crippen LogP contribution is 2.21. The van der Waals surface area contributed by atoms with Crippen molar-refractivity contribution >= 4 is 44.2 Å². The molecule has 3 rings (SSSR count). The van der Waals surface area contributed by atoms with Crippen LogP contribution in [0.5, 0.6) is 0 Å². The minimum atomic E-state index is -0.247. The molecule has 5 heteroatoms. The van der Waals surface area contributed by atoms with Gasteiger partial charge in [0, 0.05) is 17.1 Å². The van der Waals surface area contributed by atoms with E-state index in [1.807, 2.05) is 54.6 Å². The molecule has 0 aliphatic heterocycles. The van der Waals surface area contributed by atoms with Crippen molar-refractivity contribution in [3.05, 3.63) is 76.8 Å². The van der Waals surface area contributed by atoms with Gasteiger partial charge in [0.2, 0.25) is 5.91 Å². The lowest BCUT2D eigenvalue weighted by Crippen LogP contribution is -2.35. The molecule has 1 N–H and O–H groups in total. The van der Waals surface area contributed by atoms with Gasteiger partial charge >= 0.3 is 0 Å². The van der Waals surface area contributed by atoms with Crippen molar-refractivity contribution in [3.8, 4) is 0 Å². The molecule has 0 fully saturated rings. The second kappa shape index (κ2) is 7.49. The standard InChI is InChI=1S/C20H17BrN2O2/c1-23(13-19(24)22-18-9-5-4-8-17(18)21)20(25)16-11-10-14-6-2-3-7-15(14)12-16/h2-12H,13H2,1H3,(H,22,24). The normalized spacial score (nSPS) is 10.5. The van der Waals surface area contributed by atoms with Gasteiger partial charge in [0.25, 0.3) is 5.91 Å². The van der Waals surface area contributed by atoms with Crippen LogP contribution in [0.25, 0.3) is 10.8 Å². The number of halogens is 1. The molecule has 4 nitrogen and oxygen atoms in total. The Morgan fingerprint density at radius 3 is 2.40 bits per heavy atom. The molecule has 2 amide bonds. The molecule has 3 aromatic rings. The maximum absolute atomic E-state index is 12.6. The lowest BCUT2D eigenvalue weighted by atomic mass is 10.1. The molecule has 0 radical (unpaired) electrons. The summed E-state index contributed by atoms with van der Waals surface area (Å²) in [6.45, 7) is -0.0208. The molecule has 0 unspecified atom stereocenters. The molecule has 0 heterocycles. The third-order valence-corrected chi connectivity index (χ3v) is 4.56. The van der Waals surface area contributed by atoms with Gasteiger partial charge in [-0.1, -0.05) is 42.5 Å². The van der Waals surface area contributed by atoms with E-state index in [0.717, 1.165) is 15.2 Å². The smallest absolute Gasteiger partial charge is 0.254 e. The summed E-state index contributed by atoms with van der Waals surface area (Å²) in [5.74, 6) is -0.434. The van der Waals surface area contributed by atoms with E-state index in [2.05, 4.69) is 21.2 Å². The molecule has 25 heavy (non-hydrogen) atoms. The average Bonchev–Trinajstić information content (AvgIpc) is 2.62. The largest absolute Gasteiger partial charge is 0.332 e. The second-order valence-electron chi connectivity index (χ2n) is 5.75. The van der Waals surface area contributed by atoms with E-state index in [0.29, 0.717) is 11.3 Å². The summed E-state index contributed by atoms with van der Waals surface area (Å²) in [6.07, 6.45) is 0. The van der Waals surface area contributed by atoms with Crippen molar-refractivity contribution in [2.45, 2.75) is 0 Å². The number of hydrogen-bond acceptors (Lipinski definition) is 2. The molecular formula is C20H17BrN2O2. The van der Waals surface area contributed by atoms with Crippen LogP contribution in [0.15, 0.2) is 71.2 Å². The monoisotopic (exact) mass is 396 g/mol. The van der Waals surface area contributed by atoms with Gasteiger partial charge in [-0.05, 0) is 51.0 Å². The number of amides is 2. The second-order valence-corrected chi connectivity index (χ2v) is 6.61. The zero-order chi connectivity index (χ0) is 17.8. The Morgan fingerprint density at radius 2 is 1.64 bits per heavy atom. The van der Waals surface area contributed by atoms with E-state index in [1.165, 1.54) is 4.90 Å². The Morgan fingerprint density at radius 1 is 0.960 bits per heavy atom. The van der Waals surface area contributed by atoms with Gasteiger partial charge < -0.3 is 10.2 Å². The Labute approximate surface area is 154 Å². The highest BCUT2D eigenvalue weighted by atomic mass is 79.9. The quantitative estimate of drug-likeness (QED) is 0.713. The maximum atomic E-state index is 12.6. The topological polar surface area (TPSA) is 49.4 Å². The molecule has 0 spiro atoms. The van der Waals surface area contributed by atoms with Crippen LogP contribution in [0.4, 0.5) is 5.69 Å². The number of carbonyl (C=O) groups excluding carboxylic acids is 2. The molecule has 0 aliphatic rings. The van der Waals surface area contributed by atoms with Crippen molar-refractivity contribution in [2.24, 2.45) is 0 Å². The number of hydrogen-bond donors (Lipinski definition) is 1. The van der Waals surface area contributed by atoms with Gasteiger partial charge in [-0.3, -0.25) is 9.59 Å². The zero-order valence-corrected chi connectivity index (χ0v) is 15.3. The van der Waals surface area contributed by atoms with Crippen molar-refractivity contribution in [2.75, 3.05) is 18.9 Å². The summed E-state index contributed by atoms with van der Waals surface area (Å²) in [7, 11) is 1.62. The number of para-hydroxylation sites is 1. The fourth-order valence-electron chi connectivity index (χ4n) is 2.58. The molecular weight excluding hydrogens is 380 g/mol. The van der Waals surface area contributed by atoms with E-state index in [-0.39, 0.29) is 18.4 Å². The van der Waals surface area contributed by atoms with Crippen LogP contribution in [-0.4, -0.2) is 30.3 Å². The number of rotatable bonds is 4. The number of benzene rings is 3. The molecule has 3 aromatic carbocycles. The van der Waals surface area contributed by atoms with Crippen LogP contribution >= 0.6 is 15.9 Å². The molecule has 0 saturated carbocycles.